The summed E-state index contributed by atoms with van der Waals surface area (Å²) in [5.74, 6) is 0.813. The summed E-state index contributed by atoms with van der Waals surface area (Å²) in [6.45, 7) is 0. The van der Waals surface area contributed by atoms with Gasteiger partial charge in [0.1, 0.15) is 5.75 Å². The molecule has 3 nitrogen and oxygen atoms in total. The molecular weight excluding hydrogens is 272 g/mol. The van der Waals surface area contributed by atoms with Crippen LogP contribution in [-0.4, -0.2) is 17.1 Å². The highest BCUT2D eigenvalue weighted by Crippen LogP contribution is 2.35. The van der Waals surface area contributed by atoms with Gasteiger partial charge in [-0.2, -0.15) is 0 Å². The summed E-state index contributed by atoms with van der Waals surface area (Å²) in [6, 6.07) is 20.1. The Hall–Kier alpha value is -2.94. The summed E-state index contributed by atoms with van der Waals surface area (Å²) in [5.41, 5.74) is 3.67. The molecule has 2 aromatic heterocycles. The van der Waals surface area contributed by atoms with E-state index in [9.17, 15) is 0 Å². The molecule has 0 saturated heterocycles. The molecule has 3 heteroatoms. The molecule has 0 fully saturated rings. The van der Waals surface area contributed by atoms with Crippen LogP contribution in [0.5, 0.6) is 5.75 Å². The molecule has 0 bridgehead atoms. The first-order valence-electron chi connectivity index (χ1n) is 7.15. The highest BCUT2D eigenvalue weighted by Gasteiger charge is 2.12. The lowest BCUT2D eigenvalue weighted by atomic mass is 10.1. The zero-order valence-corrected chi connectivity index (χ0v) is 12.2. The van der Waals surface area contributed by atoms with Crippen LogP contribution in [0.1, 0.15) is 0 Å². The van der Waals surface area contributed by atoms with Crippen molar-refractivity contribution in [3.05, 3.63) is 66.9 Å². The predicted octanol–water partition coefficient (Wildman–Crippen LogP) is 4.46. The number of rotatable bonds is 2. The maximum Gasteiger partial charge on any atom is 0.139 e. The third kappa shape index (κ3) is 1.99. The lowest BCUT2D eigenvalue weighted by molar-refractivity contribution is 0.421. The summed E-state index contributed by atoms with van der Waals surface area (Å²) in [7, 11) is 1.69. The van der Waals surface area contributed by atoms with E-state index in [4.69, 9.17) is 9.72 Å². The first-order valence-corrected chi connectivity index (χ1v) is 7.15. The Morgan fingerprint density at radius 2 is 1.59 bits per heavy atom. The van der Waals surface area contributed by atoms with Crippen LogP contribution in [0.3, 0.4) is 0 Å². The van der Waals surface area contributed by atoms with Crippen molar-refractivity contribution in [2.75, 3.05) is 7.11 Å². The van der Waals surface area contributed by atoms with Crippen LogP contribution in [0, 0.1) is 0 Å². The number of ether oxygens (including phenoxy) is 1. The number of hydrogen-bond donors (Lipinski definition) is 0. The van der Waals surface area contributed by atoms with Crippen LogP contribution in [0.4, 0.5) is 0 Å². The molecule has 106 valence electrons. The topological polar surface area (TPSA) is 35.0 Å². The number of nitrogens with zero attached hydrogens (tertiary/aromatic N) is 2. The molecular formula is C19H14N2O. The monoisotopic (exact) mass is 286 g/mol. The third-order valence-corrected chi connectivity index (χ3v) is 3.80. The van der Waals surface area contributed by atoms with Gasteiger partial charge < -0.3 is 4.74 Å². The van der Waals surface area contributed by atoms with Gasteiger partial charge in [-0.25, -0.2) is 4.98 Å². The number of benzene rings is 2. The Kier molecular flexibility index (Phi) is 2.97. The van der Waals surface area contributed by atoms with E-state index in [1.54, 1.807) is 7.11 Å². The molecule has 0 aliphatic heterocycles. The van der Waals surface area contributed by atoms with Crippen LogP contribution >= 0.6 is 0 Å². The first kappa shape index (κ1) is 12.8. The van der Waals surface area contributed by atoms with Crippen molar-refractivity contribution in [2.45, 2.75) is 0 Å². The van der Waals surface area contributed by atoms with E-state index >= 15 is 0 Å². The first-order chi connectivity index (χ1) is 10.9. The maximum atomic E-state index is 5.65. The summed E-state index contributed by atoms with van der Waals surface area (Å²) >= 11 is 0. The largest absolute Gasteiger partial charge is 0.495 e. The molecule has 0 saturated carbocycles. The van der Waals surface area contributed by atoms with Gasteiger partial charge in [-0.3, -0.25) is 4.98 Å². The number of aromatic nitrogens is 2. The Balaban J connectivity index is 1.99. The van der Waals surface area contributed by atoms with Crippen molar-refractivity contribution in [1.29, 1.82) is 0 Å². The van der Waals surface area contributed by atoms with Gasteiger partial charge in [0, 0.05) is 17.0 Å². The molecule has 0 spiro atoms. The molecule has 0 N–H and O–H groups in total. The maximum absolute atomic E-state index is 5.65. The number of pyridine rings is 2. The quantitative estimate of drug-likeness (QED) is 0.545. The number of hydrogen-bond acceptors (Lipinski definition) is 3. The smallest absolute Gasteiger partial charge is 0.139 e. The third-order valence-electron chi connectivity index (χ3n) is 3.80. The number of fused-ring (bicyclic) bond motifs is 2. The van der Waals surface area contributed by atoms with E-state index in [0.29, 0.717) is 0 Å². The minimum absolute atomic E-state index is 0.813. The van der Waals surface area contributed by atoms with Gasteiger partial charge in [0.25, 0.3) is 0 Å². The van der Waals surface area contributed by atoms with Crippen molar-refractivity contribution in [2.24, 2.45) is 0 Å². The van der Waals surface area contributed by atoms with Crippen molar-refractivity contribution in [3.63, 3.8) is 0 Å². The normalized spacial score (nSPS) is 11.0. The molecule has 0 radical (unpaired) electrons. The minimum atomic E-state index is 0.813. The molecule has 4 rings (SSSR count). The highest BCUT2D eigenvalue weighted by atomic mass is 16.5. The van der Waals surface area contributed by atoms with E-state index < -0.39 is 0 Å². The van der Waals surface area contributed by atoms with Crippen molar-refractivity contribution >= 4 is 21.8 Å². The van der Waals surface area contributed by atoms with Crippen LogP contribution in [-0.2, 0) is 0 Å². The van der Waals surface area contributed by atoms with Gasteiger partial charge in [-0.15, -0.1) is 0 Å². The van der Waals surface area contributed by atoms with Gasteiger partial charge in [0.15, 0.2) is 0 Å². The minimum Gasteiger partial charge on any atom is -0.495 e. The van der Waals surface area contributed by atoms with E-state index in [1.807, 2.05) is 54.7 Å². The lowest BCUT2D eigenvalue weighted by Gasteiger charge is -2.11. The van der Waals surface area contributed by atoms with Gasteiger partial charge in [0.2, 0.25) is 0 Å². The second-order valence-corrected chi connectivity index (χ2v) is 5.11. The van der Waals surface area contributed by atoms with Crippen molar-refractivity contribution < 1.29 is 4.74 Å². The highest BCUT2D eigenvalue weighted by molar-refractivity contribution is 5.92. The fourth-order valence-corrected chi connectivity index (χ4v) is 2.73. The van der Waals surface area contributed by atoms with Crippen LogP contribution in [0.15, 0.2) is 66.9 Å². The Morgan fingerprint density at radius 3 is 2.45 bits per heavy atom. The molecule has 0 atom stereocenters. The van der Waals surface area contributed by atoms with E-state index in [0.717, 1.165) is 38.8 Å². The molecule has 4 aromatic rings. The summed E-state index contributed by atoms with van der Waals surface area (Å²) in [4.78, 5) is 9.27. The molecule has 0 amide bonds. The fourth-order valence-electron chi connectivity index (χ4n) is 2.73. The van der Waals surface area contributed by atoms with Crippen LogP contribution < -0.4 is 4.74 Å². The Morgan fingerprint density at radius 1 is 0.818 bits per heavy atom. The summed E-state index contributed by atoms with van der Waals surface area (Å²) in [6.07, 6.45) is 1.83. The zero-order chi connectivity index (χ0) is 14.9. The molecule has 2 heterocycles. The van der Waals surface area contributed by atoms with Crippen LogP contribution in [0.25, 0.3) is 33.1 Å². The van der Waals surface area contributed by atoms with Gasteiger partial charge in [-0.05, 0) is 24.3 Å². The average molecular weight is 286 g/mol. The van der Waals surface area contributed by atoms with Gasteiger partial charge >= 0.3 is 0 Å². The lowest BCUT2D eigenvalue weighted by Crippen LogP contribution is -1.94. The average Bonchev–Trinajstić information content (AvgIpc) is 2.60. The second-order valence-electron chi connectivity index (χ2n) is 5.11. The van der Waals surface area contributed by atoms with Crippen molar-refractivity contribution in [1.82, 2.24) is 9.97 Å². The fraction of sp³-hybridized carbons (Fsp3) is 0.0526. The summed E-state index contributed by atoms with van der Waals surface area (Å²) in [5, 5.41) is 2.12. The van der Waals surface area contributed by atoms with Crippen LogP contribution in [0.2, 0.25) is 0 Å². The van der Waals surface area contributed by atoms with Gasteiger partial charge in [-0.1, -0.05) is 36.4 Å². The van der Waals surface area contributed by atoms with Crippen molar-refractivity contribution in [3.8, 4) is 17.0 Å². The standard InChI is InChI=1S/C19H14N2O/c1-22-19-14-7-3-5-9-17(14)20-12-15(19)18-11-10-13-6-2-4-8-16(13)21-18/h2-12H,1H3. The molecule has 0 unspecified atom stereocenters. The molecule has 0 aliphatic carbocycles. The molecule has 2 aromatic carbocycles. The molecule has 0 aliphatic rings. The zero-order valence-electron chi connectivity index (χ0n) is 12.2. The van der Waals surface area contributed by atoms with E-state index in [-0.39, 0.29) is 0 Å². The Bertz CT molecular complexity index is 979. The Labute approximate surface area is 128 Å². The predicted molar refractivity (Wildman–Crippen MR) is 89.0 cm³/mol. The second kappa shape index (κ2) is 5.11. The number of para-hydroxylation sites is 2. The van der Waals surface area contributed by atoms with E-state index in [2.05, 4.69) is 17.1 Å². The van der Waals surface area contributed by atoms with E-state index in [1.165, 1.54) is 0 Å². The molecule has 22 heavy (non-hydrogen) atoms. The van der Waals surface area contributed by atoms with Gasteiger partial charge in [0.05, 0.1) is 29.4 Å². The number of methoxy groups -OCH3 is 1. The summed E-state index contributed by atoms with van der Waals surface area (Å²) < 4.78 is 5.65. The SMILES string of the molecule is COc1c(-c2ccc3ccccc3n2)cnc2ccccc12.